The molecule has 0 aromatic heterocycles. The van der Waals surface area contributed by atoms with Crippen LogP contribution >= 0.6 is 0 Å². The Balaban J connectivity index is 3.23. The second-order valence-electron chi connectivity index (χ2n) is 4.19. The zero-order valence-electron chi connectivity index (χ0n) is 11.7. The lowest BCUT2D eigenvalue weighted by Crippen LogP contribution is -2.31. The second-order valence-corrected chi connectivity index (χ2v) is 4.19. The third-order valence-corrected chi connectivity index (χ3v) is 2.85. The van der Waals surface area contributed by atoms with Crippen molar-refractivity contribution in [1.82, 2.24) is 4.90 Å². The van der Waals surface area contributed by atoms with Crippen molar-refractivity contribution in [1.29, 1.82) is 5.26 Å². The number of hydrogen-bond acceptors (Lipinski definition) is 5. The quantitative estimate of drug-likeness (QED) is 0.386. The first kappa shape index (κ1) is 16.2. The number of nitriles is 1. The van der Waals surface area contributed by atoms with Crippen molar-refractivity contribution in [3.63, 3.8) is 0 Å². The number of amides is 1. The Bertz CT molecular complexity index is 628. The number of nitro benzene ring substituents is 1. The molecule has 1 aromatic carbocycles. The zero-order chi connectivity index (χ0) is 16.0. The molecule has 0 aliphatic rings. The number of carbonyl (C=O) groups is 1. The molecule has 7 heteroatoms. The van der Waals surface area contributed by atoms with E-state index in [0.717, 1.165) is 6.07 Å². The Morgan fingerprint density at radius 1 is 1.43 bits per heavy atom. The molecule has 21 heavy (non-hydrogen) atoms. The molecule has 0 bridgehead atoms. The smallest absolute Gasteiger partial charge is 0.273 e. The van der Waals surface area contributed by atoms with Crippen LogP contribution in [0.4, 0.5) is 5.69 Å². The summed E-state index contributed by atoms with van der Waals surface area (Å²) in [5.74, 6) is -0.753. The minimum absolute atomic E-state index is 0.140. The minimum atomic E-state index is -0.657. The summed E-state index contributed by atoms with van der Waals surface area (Å²) < 4.78 is 0. The van der Waals surface area contributed by atoms with Crippen molar-refractivity contribution < 1.29 is 14.8 Å². The Labute approximate surface area is 121 Å². The Morgan fingerprint density at radius 3 is 2.52 bits per heavy atom. The van der Waals surface area contributed by atoms with Gasteiger partial charge in [-0.1, -0.05) is 0 Å². The molecule has 0 aliphatic heterocycles. The summed E-state index contributed by atoms with van der Waals surface area (Å²) in [5, 5.41) is 29.3. The van der Waals surface area contributed by atoms with Gasteiger partial charge in [0.25, 0.3) is 11.6 Å². The molecule has 1 amide bonds. The van der Waals surface area contributed by atoms with Gasteiger partial charge in [0.15, 0.2) is 0 Å². The molecule has 0 aliphatic carbocycles. The van der Waals surface area contributed by atoms with Crippen LogP contribution in [-0.4, -0.2) is 33.9 Å². The van der Waals surface area contributed by atoms with E-state index < -0.39 is 10.8 Å². The van der Waals surface area contributed by atoms with E-state index in [1.165, 1.54) is 23.1 Å². The van der Waals surface area contributed by atoms with Crippen LogP contribution in [0.15, 0.2) is 23.8 Å². The number of carbonyl (C=O) groups excluding carboxylic acids is 1. The molecular weight excluding hydrogens is 274 g/mol. The molecule has 0 fully saturated rings. The van der Waals surface area contributed by atoms with Gasteiger partial charge in [0.05, 0.1) is 11.0 Å². The van der Waals surface area contributed by atoms with Crippen molar-refractivity contribution in [2.24, 2.45) is 0 Å². The molecule has 0 unspecified atom stereocenters. The molecule has 0 atom stereocenters. The van der Waals surface area contributed by atoms with Crippen molar-refractivity contribution in [3.8, 4) is 11.8 Å². The van der Waals surface area contributed by atoms with Crippen LogP contribution < -0.4 is 0 Å². The van der Waals surface area contributed by atoms with Crippen LogP contribution in [0.25, 0.3) is 6.08 Å². The average Bonchev–Trinajstić information content (AvgIpc) is 2.45. The molecular formula is C14H15N3O4. The summed E-state index contributed by atoms with van der Waals surface area (Å²) in [6.07, 6.45) is 1.23. The number of non-ortho nitro benzene ring substituents is 1. The van der Waals surface area contributed by atoms with Crippen molar-refractivity contribution in [3.05, 3.63) is 39.4 Å². The van der Waals surface area contributed by atoms with Crippen LogP contribution in [0.5, 0.6) is 5.75 Å². The van der Waals surface area contributed by atoms with Crippen LogP contribution in [0.2, 0.25) is 0 Å². The SMILES string of the molecule is CCN(CC)C(=O)/C(C#N)=C/c1cc(O)cc([N+](=O)[O-])c1. The number of phenols is 1. The lowest BCUT2D eigenvalue weighted by molar-refractivity contribution is -0.384. The van der Waals surface area contributed by atoms with Gasteiger partial charge in [-0.3, -0.25) is 14.9 Å². The van der Waals surface area contributed by atoms with E-state index in [0.29, 0.717) is 13.1 Å². The molecule has 1 rings (SSSR count). The normalized spacial score (nSPS) is 10.8. The molecule has 0 saturated carbocycles. The van der Waals surface area contributed by atoms with Crippen LogP contribution in [0.1, 0.15) is 19.4 Å². The van der Waals surface area contributed by atoms with Crippen molar-refractivity contribution in [2.45, 2.75) is 13.8 Å². The third-order valence-electron chi connectivity index (χ3n) is 2.85. The first-order valence-electron chi connectivity index (χ1n) is 6.32. The van der Waals surface area contributed by atoms with Gasteiger partial charge in [-0.2, -0.15) is 5.26 Å². The fraction of sp³-hybridized carbons (Fsp3) is 0.286. The fourth-order valence-corrected chi connectivity index (χ4v) is 1.80. The summed E-state index contributed by atoms with van der Waals surface area (Å²) >= 11 is 0. The van der Waals surface area contributed by atoms with E-state index in [-0.39, 0.29) is 22.6 Å². The number of likely N-dealkylation sites (N-methyl/N-ethyl adjacent to an activating group) is 1. The fourth-order valence-electron chi connectivity index (χ4n) is 1.80. The highest BCUT2D eigenvalue weighted by Crippen LogP contribution is 2.23. The molecule has 110 valence electrons. The van der Waals surface area contributed by atoms with Crippen molar-refractivity contribution >= 4 is 17.7 Å². The van der Waals surface area contributed by atoms with Gasteiger partial charge in [0.2, 0.25) is 0 Å². The predicted molar refractivity (Wildman–Crippen MR) is 76.3 cm³/mol. The number of phenolic OH excluding ortho intramolecular Hbond substituents is 1. The molecule has 0 saturated heterocycles. The van der Waals surface area contributed by atoms with Crippen LogP contribution in [-0.2, 0) is 4.79 Å². The van der Waals surface area contributed by atoms with Gasteiger partial charge >= 0.3 is 0 Å². The summed E-state index contributed by atoms with van der Waals surface area (Å²) in [7, 11) is 0. The van der Waals surface area contributed by atoms with E-state index in [9.17, 15) is 20.0 Å². The van der Waals surface area contributed by atoms with E-state index in [1.807, 2.05) is 0 Å². The molecule has 0 spiro atoms. The van der Waals surface area contributed by atoms with E-state index in [4.69, 9.17) is 5.26 Å². The summed E-state index contributed by atoms with van der Waals surface area (Å²) in [4.78, 5) is 23.6. The maximum absolute atomic E-state index is 12.1. The van der Waals surface area contributed by atoms with Gasteiger partial charge in [-0.25, -0.2) is 0 Å². The largest absolute Gasteiger partial charge is 0.508 e. The maximum Gasteiger partial charge on any atom is 0.273 e. The Kier molecular flexibility index (Phi) is 5.43. The van der Waals surface area contributed by atoms with E-state index in [2.05, 4.69) is 0 Å². The Hall–Kier alpha value is -2.88. The average molecular weight is 289 g/mol. The van der Waals surface area contributed by atoms with E-state index >= 15 is 0 Å². The minimum Gasteiger partial charge on any atom is -0.508 e. The summed E-state index contributed by atoms with van der Waals surface area (Å²) in [6, 6.07) is 5.22. The molecule has 1 aromatic rings. The summed E-state index contributed by atoms with van der Waals surface area (Å²) in [5.41, 5.74) is -0.230. The van der Waals surface area contributed by atoms with E-state index in [1.54, 1.807) is 19.9 Å². The predicted octanol–water partition coefficient (Wildman–Crippen LogP) is 2.08. The van der Waals surface area contributed by atoms with Gasteiger partial charge in [0.1, 0.15) is 17.4 Å². The second kappa shape index (κ2) is 7.05. The number of rotatable bonds is 5. The maximum atomic E-state index is 12.1. The number of aromatic hydroxyl groups is 1. The first-order chi connectivity index (χ1) is 9.92. The topological polar surface area (TPSA) is 107 Å². The molecule has 0 heterocycles. The zero-order valence-corrected chi connectivity index (χ0v) is 11.7. The van der Waals surface area contributed by atoms with Crippen molar-refractivity contribution in [2.75, 3.05) is 13.1 Å². The lowest BCUT2D eigenvalue weighted by atomic mass is 10.1. The Morgan fingerprint density at radius 2 is 2.05 bits per heavy atom. The lowest BCUT2D eigenvalue weighted by Gasteiger charge is -2.17. The highest BCUT2D eigenvalue weighted by Gasteiger charge is 2.16. The van der Waals surface area contributed by atoms with Gasteiger partial charge in [-0.15, -0.1) is 0 Å². The van der Waals surface area contributed by atoms with Crippen LogP contribution in [0.3, 0.4) is 0 Å². The first-order valence-corrected chi connectivity index (χ1v) is 6.32. The molecule has 0 radical (unpaired) electrons. The van der Waals surface area contributed by atoms with Crippen LogP contribution in [0, 0.1) is 21.4 Å². The monoisotopic (exact) mass is 289 g/mol. The third kappa shape index (κ3) is 4.04. The summed E-state index contributed by atoms with van der Waals surface area (Å²) in [6.45, 7) is 4.48. The number of nitro groups is 1. The highest BCUT2D eigenvalue weighted by molar-refractivity contribution is 6.01. The highest BCUT2D eigenvalue weighted by atomic mass is 16.6. The number of benzene rings is 1. The van der Waals surface area contributed by atoms with Gasteiger partial charge in [0, 0.05) is 19.2 Å². The number of hydrogen-bond donors (Lipinski definition) is 1. The van der Waals surface area contributed by atoms with Gasteiger partial charge in [-0.05, 0) is 31.6 Å². The molecule has 1 N–H and O–H groups in total. The molecule has 7 nitrogen and oxygen atoms in total. The number of nitrogens with zero attached hydrogens (tertiary/aromatic N) is 3. The standard InChI is InChI=1S/C14H15N3O4/c1-3-16(4-2)14(19)11(9-15)5-10-6-12(17(20)21)8-13(18)7-10/h5-8,18H,3-4H2,1-2H3/b11-5+. The van der Waals surface area contributed by atoms with Gasteiger partial charge < -0.3 is 10.0 Å².